The van der Waals surface area contributed by atoms with E-state index in [-0.39, 0.29) is 5.91 Å². The van der Waals surface area contributed by atoms with Crippen molar-refractivity contribution in [2.24, 2.45) is 5.92 Å². The second-order valence-electron chi connectivity index (χ2n) is 6.88. The number of carbonyl (C=O) groups excluding carboxylic acids is 1. The van der Waals surface area contributed by atoms with Crippen LogP contribution in [-0.2, 0) is 6.54 Å². The Morgan fingerprint density at radius 1 is 1.15 bits per heavy atom. The standard InChI is InChI=1S/C21H24I2N2O2/c1-27-20-12-19(23)18(22)11-17(20)21(26)24-13-15-7-9-25(10-8-15)14-16-5-3-2-4-6-16/h2-6,11-12,15H,7-10,13-14H2,1H3,(H,24,26). The number of ether oxygens (including phenoxy) is 1. The minimum atomic E-state index is -0.0483. The molecule has 1 heterocycles. The van der Waals surface area contributed by atoms with Crippen molar-refractivity contribution in [3.8, 4) is 5.75 Å². The van der Waals surface area contributed by atoms with Gasteiger partial charge in [0.2, 0.25) is 0 Å². The minimum Gasteiger partial charge on any atom is -0.496 e. The first-order valence-corrected chi connectivity index (χ1v) is 11.3. The van der Waals surface area contributed by atoms with E-state index in [1.165, 1.54) is 5.56 Å². The van der Waals surface area contributed by atoms with Gasteiger partial charge in [-0.3, -0.25) is 9.69 Å². The average Bonchev–Trinajstić information content (AvgIpc) is 2.69. The summed E-state index contributed by atoms with van der Waals surface area (Å²) in [5, 5.41) is 3.11. The van der Waals surface area contributed by atoms with Crippen molar-refractivity contribution in [3.63, 3.8) is 0 Å². The van der Waals surface area contributed by atoms with Crippen molar-refractivity contribution < 1.29 is 9.53 Å². The molecule has 1 aliphatic rings. The molecule has 0 atom stereocenters. The number of methoxy groups -OCH3 is 1. The molecule has 0 aliphatic carbocycles. The van der Waals surface area contributed by atoms with Gasteiger partial charge >= 0.3 is 0 Å². The van der Waals surface area contributed by atoms with Gasteiger partial charge in [0, 0.05) is 20.2 Å². The monoisotopic (exact) mass is 590 g/mol. The Kier molecular flexibility index (Phi) is 7.77. The van der Waals surface area contributed by atoms with E-state index in [4.69, 9.17) is 4.74 Å². The first-order chi connectivity index (χ1) is 13.1. The summed E-state index contributed by atoms with van der Waals surface area (Å²) in [6, 6.07) is 14.4. The number of likely N-dealkylation sites (tertiary alicyclic amines) is 1. The van der Waals surface area contributed by atoms with Crippen molar-refractivity contribution >= 4 is 51.1 Å². The van der Waals surface area contributed by atoms with Crippen molar-refractivity contribution in [2.75, 3.05) is 26.7 Å². The number of nitrogens with zero attached hydrogens (tertiary/aromatic N) is 1. The van der Waals surface area contributed by atoms with E-state index in [9.17, 15) is 4.79 Å². The molecular formula is C21H24I2N2O2. The molecule has 0 radical (unpaired) electrons. The minimum absolute atomic E-state index is 0.0483. The van der Waals surface area contributed by atoms with Crippen LogP contribution in [0, 0.1) is 13.1 Å². The maximum Gasteiger partial charge on any atom is 0.255 e. The van der Waals surface area contributed by atoms with Gasteiger partial charge in [0.05, 0.1) is 12.7 Å². The molecule has 3 rings (SSSR count). The van der Waals surface area contributed by atoms with Crippen molar-refractivity contribution in [2.45, 2.75) is 19.4 Å². The van der Waals surface area contributed by atoms with Gasteiger partial charge in [0.15, 0.2) is 0 Å². The average molecular weight is 590 g/mol. The van der Waals surface area contributed by atoms with Crippen LogP contribution in [0.3, 0.4) is 0 Å². The summed E-state index contributed by atoms with van der Waals surface area (Å²) >= 11 is 4.51. The third-order valence-corrected chi connectivity index (χ3v) is 7.81. The molecule has 144 valence electrons. The molecule has 2 aromatic carbocycles. The molecule has 4 nitrogen and oxygen atoms in total. The topological polar surface area (TPSA) is 41.6 Å². The normalized spacial score (nSPS) is 15.5. The zero-order valence-electron chi connectivity index (χ0n) is 15.4. The second kappa shape index (κ2) is 10.1. The summed E-state index contributed by atoms with van der Waals surface area (Å²) in [4.78, 5) is 15.1. The number of nitrogens with one attached hydrogen (secondary N) is 1. The number of hydrogen-bond acceptors (Lipinski definition) is 3. The van der Waals surface area contributed by atoms with Gasteiger partial charge in [0.25, 0.3) is 5.91 Å². The van der Waals surface area contributed by atoms with Gasteiger partial charge < -0.3 is 10.1 Å². The van der Waals surface area contributed by atoms with E-state index in [2.05, 4.69) is 85.7 Å². The van der Waals surface area contributed by atoms with Crippen LogP contribution < -0.4 is 10.1 Å². The van der Waals surface area contributed by atoms with Gasteiger partial charge in [-0.15, -0.1) is 0 Å². The van der Waals surface area contributed by atoms with Crippen LogP contribution in [0.25, 0.3) is 0 Å². The van der Waals surface area contributed by atoms with Crippen LogP contribution in [0.15, 0.2) is 42.5 Å². The summed E-state index contributed by atoms with van der Waals surface area (Å²) in [7, 11) is 1.61. The van der Waals surface area contributed by atoms with E-state index in [0.717, 1.165) is 46.2 Å². The number of halogens is 2. The fraction of sp³-hybridized carbons (Fsp3) is 0.381. The molecular weight excluding hydrogens is 566 g/mol. The Morgan fingerprint density at radius 2 is 1.81 bits per heavy atom. The Balaban J connectivity index is 1.49. The molecule has 0 spiro atoms. The summed E-state index contributed by atoms with van der Waals surface area (Å²) in [5.41, 5.74) is 1.98. The Bertz CT molecular complexity index is 775. The Morgan fingerprint density at radius 3 is 2.48 bits per heavy atom. The highest BCUT2D eigenvalue weighted by Crippen LogP contribution is 2.26. The second-order valence-corrected chi connectivity index (χ2v) is 9.21. The molecule has 1 N–H and O–H groups in total. The zero-order chi connectivity index (χ0) is 19.2. The molecule has 27 heavy (non-hydrogen) atoms. The van der Waals surface area contributed by atoms with E-state index >= 15 is 0 Å². The van der Waals surface area contributed by atoms with Crippen LogP contribution in [0.2, 0.25) is 0 Å². The highest BCUT2D eigenvalue weighted by molar-refractivity contribution is 14.1. The lowest BCUT2D eigenvalue weighted by Crippen LogP contribution is -2.38. The maximum atomic E-state index is 12.6. The van der Waals surface area contributed by atoms with Gasteiger partial charge in [-0.25, -0.2) is 0 Å². The molecule has 0 bridgehead atoms. The molecule has 6 heteroatoms. The molecule has 0 unspecified atom stereocenters. The molecule has 0 saturated carbocycles. The first kappa shape index (κ1) is 20.9. The van der Waals surface area contributed by atoms with Crippen LogP contribution in [0.5, 0.6) is 5.75 Å². The van der Waals surface area contributed by atoms with Gasteiger partial charge in [-0.1, -0.05) is 30.3 Å². The summed E-state index contributed by atoms with van der Waals surface area (Å²) in [6.45, 7) is 3.91. The van der Waals surface area contributed by atoms with Crippen molar-refractivity contribution in [1.82, 2.24) is 10.2 Å². The van der Waals surface area contributed by atoms with Crippen LogP contribution in [0.4, 0.5) is 0 Å². The molecule has 1 fully saturated rings. The molecule has 1 aliphatic heterocycles. The van der Waals surface area contributed by atoms with Gasteiger partial charge in [-0.2, -0.15) is 0 Å². The summed E-state index contributed by atoms with van der Waals surface area (Å²) in [6.07, 6.45) is 2.24. The third-order valence-electron chi connectivity index (χ3n) is 4.99. The van der Waals surface area contributed by atoms with E-state index in [1.807, 2.05) is 12.1 Å². The molecule has 1 saturated heterocycles. The fourth-order valence-electron chi connectivity index (χ4n) is 3.40. The number of amides is 1. The molecule has 0 aromatic heterocycles. The lowest BCUT2D eigenvalue weighted by molar-refractivity contribution is 0.0932. The van der Waals surface area contributed by atoms with E-state index < -0.39 is 0 Å². The zero-order valence-corrected chi connectivity index (χ0v) is 19.7. The van der Waals surface area contributed by atoms with Crippen LogP contribution in [0.1, 0.15) is 28.8 Å². The number of piperidine rings is 1. The highest BCUT2D eigenvalue weighted by Gasteiger charge is 2.21. The third kappa shape index (κ3) is 5.80. The van der Waals surface area contributed by atoms with Gasteiger partial charge in [0.1, 0.15) is 5.75 Å². The largest absolute Gasteiger partial charge is 0.496 e. The smallest absolute Gasteiger partial charge is 0.255 e. The predicted molar refractivity (Wildman–Crippen MR) is 125 cm³/mol. The first-order valence-electron chi connectivity index (χ1n) is 9.14. The Hall–Kier alpha value is -0.870. The van der Waals surface area contributed by atoms with Gasteiger partial charge in [-0.05, 0) is 94.7 Å². The van der Waals surface area contributed by atoms with E-state index in [0.29, 0.717) is 17.2 Å². The Labute approximate surface area is 188 Å². The van der Waals surface area contributed by atoms with Crippen LogP contribution in [-0.4, -0.2) is 37.6 Å². The number of rotatable bonds is 6. The summed E-state index contributed by atoms with van der Waals surface area (Å²) in [5.74, 6) is 1.12. The SMILES string of the molecule is COc1cc(I)c(I)cc1C(=O)NCC1CCN(Cc2ccccc2)CC1. The summed E-state index contributed by atoms with van der Waals surface area (Å²) < 4.78 is 7.54. The number of carbonyl (C=O) groups is 1. The predicted octanol–water partition coefficient (Wildman–Crippen LogP) is 4.55. The van der Waals surface area contributed by atoms with Crippen molar-refractivity contribution in [1.29, 1.82) is 0 Å². The van der Waals surface area contributed by atoms with Crippen molar-refractivity contribution in [3.05, 3.63) is 60.7 Å². The quantitative estimate of drug-likeness (QED) is 0.503. The van der Waals surface area contributed by atoms with Crippen LogP contribution >= 0.6 is 45.2 Å². The lowest BCUT2D eigenvalue weighted by atomic mass is 9.96. The molecule has 1 amide bonds. The van der Waals surface area contributed by atoms with E-state index in [1.54, 1.807) is 7.11 Å². The fourth-order valence-corrected chi connectivity index (χ4v) is 4.30. The molecule has 2 aromatic rings. The number of hydrogen-bond donors (Lipinski definition) is 1. The highest BCUT2D eigenvalue weighted by atomic mass is 127. The lowest BCUT2D eigenvalue weighted by Gasteiger charge is -2.32. The number of benzene rings is 2. The maximum absolute atomic E-state index is 12.6.